The minimum atomic E-state index is -0.878. The van der Waals surface area contributed by atoms with Crippen LogP contribution in [0.4, 0.5) is 8.78 Å². The Kier molecular flexibility index (Phi) is 5.29. The van der Waals surface area contributed by atoms with Gasteiger partial charge in [0.05, 0.1) is 13.7 Å². The van der Waals surface area contributed by atoms with Crippen LogP contribution in [0, 0.1) is 11.6 Å². The minimum Gasteiger partial charge on any atom is -0.497 e. The highest BCUT2D eigenvalue weighted by Gasteiger charge is 2.34. The van der Waals surface area contributed by atoms with Crippen molar-refractivity contribution in [1.82, 2.24) is 14.5 Å². The lowest BCUT2D eigenvalue weighted by atomic mass is 10.2. The topological polar surface area (TPSA) is 47.4 Å². The largest absolute Gasteiger partial charge is 0.497 e. The molecule has 1 aliphatic carbocycles. The van der Waals surface area contributed by atoms with E-state index in [2.05, 4.69) is 4.98 Å². The van der Waals surface area contributed by atoms with Crippen molar-refractivity contribution in [2.24, 2.45) is 0 Å². The van der Waals surface area contributed by atoms with Crippen LogP contribution in [0.5, 0.6) is 5.75 Å². The highest BCUT2D eigenvalue weighted by atomic mass is 19.2. The van der Waals surface area contributed by atoms with Gasteiger partial charge in [-0.2, -0.15) is 0 Å². The highest BCUT2D eigenvalue weighted by molar-refractivity contribution is 5.95. The third-order valence-electron chi connectivity index (χ3n) is 5.02. The van der Waals surface area contributed by atoms with E-state index in [1.54, 1.807) is 49.8 Å². The van der Waals surface area contributed by atoms with E-state index in [-0.39, 0.29) is 11.9 Å². The number of carbonyl (C=O) groups excluding carboxylic acids is 1. The fourth-order valence-corrected chi connectivity index (χ4v) is 3.30. The summed E-state index contributed by atoms with van der Waals surface area (Å²) in [6.45, 7) is 0.690. The predicted molar refractivity (Wildman–Crippen MR) is 104 cm³/mol. The van der Waals surface area contributed by atoms with Gasteiger partial charge in [0, 0.05) is 30.5 Å². The molecule has 2 aromatic carbocycles. The number of carbonyl (C=O) groups is 1. The van der Waals surface area contributed by atoms with Gasteiger partial charge in [0.2, 0.25) is 0 Å². The first-order chi connectivity index (χ1) is 14.0. The van der Waals surface area contributed by atoms with Gasteiger partial charge in [-0.05, 0) is 48.7 Å². The normalized spacial score (nSPS) is 13.3. The van der Waals surface area contributed by atoms with E-state index in [4.69, 9.17) is 4.74 Å². The van der Waals surface area contributed by atoms with Gasteiger partial charge < -0.3 is 14.2 Å². The molecule has 0 saturated heterocycles. The SMILES string of the molecule is COc1cccc(C(=O)N(Cc2nccn2Cc2ccc(F)c(F)c2)C2CC2)c1. The third kappa shape index (κ3) is 4.29. The number of methoxy groups -OCH3 is 1. The molecule has 0 aliphatic heterocycles. The summed E-state index contributed by atoms with van der Waals surface area (Å²) in [4.78, 5) is 19.3. The molecule has 3 aromatic rings. The van der Waals surface area contributed by atoms with Crippen molar-refractivity contribution in [3.05, 3.63) is 83.4 Å². The Morgan fingerprint density at radius 3 is 2.76 bits per heavy atom. The number of hydrogen-bond acceptors (Lipinski definition) is 3. The Morgan fingerprint density at radius 2 is 2.03 bits per heavy atom. The molecule has 1 saturated carbocycles. The van der Waals surface area contributed by atoms with E-state index >= 15 is 0 Å². The molecule has 0 spiro atoms. The lowest BCUT2D eigenvalue weighted by Crippen LogP contribution is -2.33. The van der Waals surface area contributed by atoms with E-state index in [0.717, 1.165) is 18.9 Å². The Balaban J connectivity index is 1.54. The monoisotopic (exact) mass is 397 g/mol. The van der Waals surface area contributed by atoms with Crippen molar-refractivity contribution < 1.29 is 18.3 Å². The number of benzene rings is 2. The second-order valence-corrected chi connectivity index (χ2v) is 7.12. The summed E-state index contributed by atoms with van der Waals surface area (Å²) < 4.78 is 33.8. The number of nitrogens with zero attached hydrogens (tertiary/aromatic N) is 3. The molecule has 29 heavy (non-hydrogen) atoms. The summed E-state index contributed by atoms with van der Waals surface area (Å²) in [5.41, 5.74) is 1.19. The second-order valence-electron chi connectivity index (χ2n) is 7.12. The maximum Gasteiger partial charge on any atom is 0.254 e. The first-order valence-corrected chi connectivity index (χ1v) is 9.44. The van der Waals surface area contributed by atoms with Gasteiger partial charge in [-0.15, -0.1) is 0 Å². The second kappa shape index (κ2) is 8.03. The summed E-state index contributed by atoms with van der Waals surface area (Å²) in [6, 6.07) is 11.1. The van der Waals surface area contributed by atoms with Gasteiger partial charge in [-0.1, -0.05) is 12.1 Å². The average molecular weight is 397 g/mol. The first kappa shape index (κ1) is 19.1. The minimum absolute atomic E-state index is 0.0752. The van der Waals surface area contributed by atoms with Crippen LogP contribution in [0.3, 0.4) is 0 Å². The number of halogens is 2. The first-order valence-electron chi connectivity index (χ1n) is 9.44. The van der Waals surface area contributed by atoms with Crippen LogP contribution in [-0.4, -0.2) is 33.5 Å². The lowest BCUT2D eigenvalue weighted by molar-refractivity contribution is 0.0723. The molecule has 1 fully saturated rings. The molecule has 0 N–H and O–H groups in total. The summed E-state index contributed by atoms with van der Waals surface area (Å²) >= 11 is 0. The molecule has 4 rings (SSSR count). The maximum atomic E-state index is 13.5. The number of amides is 1. The molecule has 0 atom stereocenters. The molecule has 1 heterocycles. The molecular formula is C22H21F2N3O2. The number of rotatable bonds is 7. The summed E-state index contributed by atoms with van der Waals surface area (Å²) in [5, 5.41) is 0. The summed E-state index contributed by atoms with van der Waals surface area (Å²) in [6.07, 6.45) is 5.34. The number of aromatic nitrogens is 2. The standard InChI is InChI=1S/C22H21F2N3O2/c1-29-18-4-2-3-16(12-18)22(28)27(17-6-7-17)14-21-25-9-10-26(21)13-15-5-8-19(23)20(24)11-15/h2-5,8-12,17H,6-7,13-14H2,1H3. The zero-order valence-corrected chi connectivity index (χ0v) is 16.0. The van der Waals surface area contributed by atoms with E-state index in [1.807, 2.05) is 9.47 Å². The zero-order valence-electron chi connectivity index (χ0n) is 16.0. The van der Waals surface area contributed by atoms with Gasteiger partial charge in [0.25, 0.3) is 5.91 Å². The van der Waals surface area contributed by atoms with Gasteiger partial charge in [-0.3, -0.25) is 4.79 Å². The van der Waals surface area contributed by atoms with Crippen LogP contribution < -0.4 is 4.74 Å². The molecule has 7 heteroatoms. The van der Waals surface area contributed by atoms with Gasteiger partial charge in [0.15, 0.2) is 11.6 Å². The van der Waals surface area contributed by atoms with Crippen LogP contribution in [0.1, 0.15) is 34.6 Å². The molecule has 1 amide bonds. The fourth-order valence-electron chi connectivity index (χ4n) is 3.30. The molecular weight excluding hydrogens is 376 g/mol. The maximum absolute atomic E-state index is 13.5. The van der Waals surface area contributed by atoms with Gasteiger partial charge in [-0.25, -0.2) is 13.8 Å². The predicted octanol–water partition coefficient (Wildman–Crippen LogP) is 4.02. The molecule has 1 aromatic heterocycles. The molecule has 0 radical (unpaired) electrons. The molecule has 0 bridgehead atoms. The highest BCUT2D eigenvalue weighted by Crippen LogP contribution is 2.30. The molecule has 150 valence electrons. The quantitative estimate of drug-likeness (QED) is 0.605. The van der Waals surface area contributed by atoms with Gasteiger partial charge in [0.1, 0.15) is 11.6 Å². The van der Waals surface area contributed by atoms with Crippen LogP contribution in [0.2, 0.25) is 0 Å². The van der Waals surface area contributed by atoms with E-state index in [9.17, 15) is 13.6 Å². The van der Waals surface area contributed by atoms with Gasteiger partial charge >= 0.3 is 0 Å². The average Bonchev–Trinajstić information content (AvgIpc) is 3.49. The lowest BCUT2D eigenvalue weighted by Gasteiger charge is -2.23. The van der Waals surface area contributed by atoms with Crippen molar-refractivity contribution in [1.29, 1.82) is 0 Å². The van der Waals surface area contributed by atoms with E-state index < -0.39 is 11.6 Å². The summed E-state index contributed by atoms with van der Waals surface area (Å²) in [5.74, 6) is -0.501. The van der Waals surface area contributed by atoms with E-state index in [1.165, 1.54) is 6.07 Å². The van der Waals surface area contributed by atoms with Crippen LogP contribution in [0.25, 0.3) is 0 Å². The Morgan fingerprint density at radius 1 is 1.21 bits per heavy atom. The molecule has 5 nitrogen and oxygen atoms in total. The zero-order chi connectivity index (χ0) is 20.4. The van der Waals surface area contributed by atoms with Crippen molar-refractivity contribution in [2.75, 3.05) is 7.11 Å². The molecule has 0 unspecified atom stereocenters. The summed E-state index contributed by atoms with van der Waals surface area (Å²) in [7, 11) is 1.57. The van der Waals surface area contributed by atoms with Crippen LogP contribution in [-0.2, 0) is 13.1 Å². The Labute approximate surface area is 167 Å². The Bertz CT molecular complexity index is 1030. The molecule has 1 aliphatic rings. The van der Waals surface area contributed by atoms with Crippen molar-refractivity contribution >= 4 is 5.91 Å². The van der Waals surface area contributed by atoms with E-state index in [0.29, 0.717) is 35.8 Å². The third-order valence-corrected chi connectivity index (χ3v) is 5.02. The fraction of sp³-hybridized carbons (Fsp3) is 0.273. The Hall–Kier alpha value is -3.22. The van der Waals surface area contributed by atoms with Crippen LogP contribution >= 0.6 is 0 Å². The number of hydrogen-bond donors (Lipinski definition) is 0. The number of ether oxygens (including phenoxy) is 1. The smallest absolute Gasteiger partial charge is 0.254 e. The number of imidazole rings is 1. The van der Waals surface area contributed by atoms with Crippen molar-refractivity contribution in [2.45, 2.75) is 32.0 Å². The van der Waals surface area contributed by atoms with Crippen LogP contribution in [0.15, 0.2) is 54.9 Å². The van der Waals surface area contributed by atoms with Crippen molar-refractivity contribution in [3.63, 3.8) is 0 Å². The van der Waals surface area contributed by atoms with Crippen molar-refractivity contribution in [3.8, 4) is 5.75 Å².